The Labute approximate surface area is 137 Å². The van der Waals surface area contributed by atoms with E-state index in [1.165, 1.54) is 0 Å². The predicted octanol–water partition coefficient (Wildman–Crippen LogP) is 5.01. The van der Waals surface area contributed by atoms with Gasteiger partial charge in [0, 0.05) is 12.1 Å². The van der Waals surface area contributed by atoms with Crippen molar-refractivity contribution in [2.45, 2.75) is 45.5 Å². The molecular weight excluding hydrogens is 359 g/mol. The highest BCUT2D eigenvalue weighted by atomic mass is 79.9. The van der Waals surface area contributed by atoms with Crippen molar-refractivity contribution >= 4 is 15.9 Å². The van der Waals surface area contributed by atoms with Crippen LogP contribution in [0, 0.1) is 5.92 Å². The van der Waals surface area contributed by atoms with Gasteiger partial charge in [-0.25, -0.2) is 0 Å². The van der Waals surface area contributed by atoms with Crippen LogP contribution in [0.5, 0.6) is 5.75 Å². The third-order valence-corrected chi connectivity index (χ3v) is 4.47. The van der Waals surface area contributed by atoms with Crippen molar-refractivity contribution in [3.8, 4) is 5.75 Å². The van der Waals surface area contributed by atoms with E-state index in [2.05, 4.69) is 20.8 Å². The van der Waals surface area contributed by atoms with E-state index in [1.54, 1.807) is 0 Å². The molecule has 1 saturated heterocycles. The van der Waals surface area contributed by atoms with Crippen LogP contribution < -0.4 is 4.74 Å². The van der Waals surface area contributed by atoms with Crippen LogP contribution in [0.15, 0.2) is 22.7 Å². The van der Waals surface area contributed by atoms with Gasteiger partial charge in [-0.3, -0.25) is 4.90 Å². The third kappa shape index (κ3) is 4.62. The highest BCUT2D eigenvalue weighted by Gasteiger charge is 2.41. The summed E-state index contributed by atoms with van der Waals surface area (Å²) in [5.41, 5.74) is 1.01. The van der Waals surface area contributed by atoms with Crippen molar-refractivity contribution in [1.82, 2.24) is 4.90 Å². The molecule has 0 unspecified atom stereocenters. The average molecular weight is 380 g/mol. The van der Waals surface area contributed by atoms with E-state index in [0.29, 0.717) is 19.6 Å². The van der Waals surface area contributed by atoms with Gasteiger partial charge < -0.3 is 4.74 Å². The Balaban J connectivity index is 2.02. The Kier molecular flexibility index (Phi) is 5.77. The number of piperidine rings is 1. The first-order valence-corrected chi connectivity index (χ1v) is 8.29. The minimum atomic E-state index is -4.06. The molecule has 1 aromatic carbocycles. The normalized spacial score (nSPS) is 18.0. The average Bonchev–Trinajstić information content (AvgIpc) is 2.42. The topological polar surface area (TPSA) is 12.5 Å². The quantitative estimate of drug-likeness (QED) is 0.728. The van der Waals surface area contributed by atoms with Gasteiger partial charge in [-0.15, -0.1) is 0 Å². The first-order chi connectivity index (χ1) is 10.3. The predicted molar refractivity (Wildman–Crippen MR) is 84.0 cm³/mol. The largest absolute Gasteiger partial charge is 0.489 e. The summed E-state index contributed by atoms with van der Waals surface area (Å²) in [6, 6.07) is 5.81. The number of benzene rings is 1. The molecule has 1 aliphatic rings. The van der Waals surface area contributed by atoms with E-state index in [4.69, 9.17) is 4.74 Å². The lowest BCUT2D eigenvalue weighted by Gasteiger charge is -2.33. The molecule has 22 heavy (non-hydrogen) atoms. The Hall–Kier alpha value is -0.750. The lowest BCUT2D eigenvalue weighted by Crippen LogP contribution is -2.38. The minimum absolute atomic E-state index is 0.0495. The summed E-state index contributed by atoms with van der Waals surface area (Å²) < 4.78 is 44.9. The molecule has 0 bridgehead atoms. The molecule has 124 valence electrons. The summed E-state index contributed by atoms with van der Waals surface area (Å²) in [5.74, 6) is -0.368. The van der Waals surface area contributed by atoms with Crippen LogP contribution in [0.3, 0.4) is 0 Å². The summed E-state index contributed by atoms with van der Waals surface area (Å²) >= 11 is 3.48. The van der Waals surface area contributed by atoms with Crippen molar-refractivity contribution in [2.24, 2.45) is 5.92 Å². The SMILES string of the molecule is CC(C)Oc1c(Br)cccc1CN1CCC(C(F)(F)F)CC1. The third-order valence-electron chi connectivity index (χ3n) is 3.85. The van der Waals surface area contributed by atoms with Crippen molar-refractivity contribution < 1.29 is 17.9 Å². The highest BCUT2D eigenvalue weighted by molar-refractivity contribution is 9.10. The molecule has 1 heterocycles. The van der Waals surface area contributed by atoms with E-state index in [9.17, 15) is 13.2 Å². The van der Waals surface area contributed by atoms with Gasteiger partial charge in [0.05, 0.1) is 16.5 Å². The van der Waals surface area contributed by atoms with Gasteiger partial charge in [0.2, 0.25) is 0 Å². The number of hydrogen-bond donors (Lipinski definition) is 0. The fraction of sp³-hybridized carbons (Fsp3) is 0.625. The molecule has 0 amide bonds. The number of likely N-dealkylation sites (tertiary alicyclic amines) is 1. The molecule has 0 atom stereocenters. The van der Waals surface area contributed by atoms with E-state index in [0.717, 1.165) is 15.8 Å². The smallest absolute Gasteiger partial charge is 0.391 e. The summed E-state index contributed by atoms with van der Waals surface area (Å²) in [6.45, 7) is 5.47. The molecule has 0 saturated carbocycles. The molecule has 6 heteroatoms. The molecule has 1 fully saturated rings. The molecule has 0 spiro atoms. The van der Waals surface area contributed by atoms with E-state index >= 15 is 0 Å². The van der Waals surface area contributed by atoms with Crippen molar-refractivity contribution in [2.75, 3.05) is 13.1 Å². The van der Waals surface area contributed by atoms with Crippen LogP contribution in [-0.2, 0) is 6.54 Å². The summed E-state index contributed by atoms with van der Waals surface area (Å²) in [5, 5.41) is 0. The van der Waals surface area contributed by atoms with Crippen molar-refractivity contribution in [1.29, 1.82) is 0 Å². The van der Waals surface area contributed by atoms with Crippen LogP contribution in [0.2, 0.25) is 0 Å². The standard InChI is InChI=1S/C16H21BrF3NO/c1-11(2)22-15-12(4-3-5-14(15)17)10-21-8-6-13(7-9-21)16(18,19)20/h3-5,11,13H,6-10H2,1-2H3. The fourth-order valence-corrected chi connectivity index (χ4v) is 3.21. The van der Waals surface area contributed by atoms with Gasteiger partial charge in [-0.2, -0.15) is 13.2 Å². The summed E-state index contributed by atoms with van der Waals surface area (Å²) in [7, 11) is 0. The molecule has 2 nitrogen and oxygen atoms in total. The molecule has 0 N–H and O–H groups in total. The number of ether oxygens (including phenoxy) is 1. The van der Waals surface area contributed by atoms with Crippen LogP contribution in [0.4, 0.5) is 13.2 Å². The van der Waals surface area contributed by atoms with E-state index < -0.39 is 12.1 Å². The Morgan fingerprint density at radius 2 is 1.91 bits per heavy atom. The van der Waals surface area contributed by atoms with Gasteiger partial charge in [-0.1, -0.05) is 12.1 Å². The van der Waals surface area contributed by atoms with Crippen LogP contribution >= 0.6 is 15.9 Å². The van der Waals surface area contributed by atoms with Gasteiger partial charge in [0.15, 0.2) is 0 Å². The van der Waals surface area contributed by atoms with Crippen molar-refractivity contribution in [3.05, 3.63) is 28.2 Å². The maximum absolute atomic E-state index is 12.7. The molecular formula is C16H21BrF3NO. The van der Waals surface area contributed by atoms with Crippen LogP contribution in [0.1, 0.15) is 32.3 Å². The van der Waals surface area contributed by atoms with Gasteiger partial charge in [0.25, 0.3) is 0 Å². The van der Waals surface area contributed by atoms with Gasteiger partial charge >= 0.3 is 6.18 Å². The Bertz CT molecular complexity index is 497. The monoisotopic (exact) mass is 379 g/mol. The zero-order chi connectivity index (χ0) is 16.3. The molecule has 1 aromatic rings. The molecule has 0 radical (unpaired) electrons. The molecule has 2 rings (SSSR count). The van der Waals surface area contributed by atoms with E-state index in [-0.39, 0.29) is 18.9 Å². The molecule has 0 aromatic heterocycles. The zero-order valence-electron chi connectivity index (χ0n) is 12.8. The number of hydrogen-bond acceptors (Lipinski definition) is 2. The number of halogens is 4. The molecule has 0 aliphatic carbocycles. The highest BCUT2D eigenvalue weighted by Crippen LogP contribution is 2.36. The molecule has 1 aliphatic heterocycles. The van der Waals surface area contributed by atoms with Crippen LogP contribution in [0.25, 0.3) is 0 Å². The lowest BCUT2D eigenvalue weighted by atomic mass is 9.96. The summed E-state index contributed by atoms with van der Waals surface area (Å²) in [6.07, 6.45) is -3.66. The first-order valence-electron chi connectivity index (χ1n) is 7.50. The lowest BCUT2D eigenvalue weighted by molar-refractivity contribution is -0.185. The van der Waals surface area contributed by atoms with Crippen molar-refractivity contribution in [3.63, 3.8) is 0 Å². The Morgan fingerprint density at radius 1 is 1.27 bits per heavy atom. The second-order valence-electron chi connectivity index (χ2n) is 5.99. The Morgan fingerprint density at radius 3 is 2.45 bits per heavy atom. The maximum Gasteiger partial charge on any atom is 0.391 e. The number of alkyl halides is 3. The van der Waals surface area contributed by atoms with Gasteiger partial charge in [-0.05, 0) is 61.8 Å². The minimum Gasteiger partial charge on any atom is -0.489 e. The van der Waals surface area contributed by atoms with Crippen LogP contribution in [-0.4, -0.2) is 30.3 Å². The fourth-order valence-electron chi connectivity index (χ4n) is 2.71. The van der Waals surface area contributed by atoms with Gasteiger partial charge in [0.1, 0.15) is 5.75 Å². The van der Waals surface area contributed by atoms with E-state index in [1.807, 2.05) is 32.0 Å². The number of nitrogens with zero attached hydrogens (tertiary/aromatic N) is 1. The summed E-state index contributed by atoms with van der Waals surface area (Å²) in [4.78, 5) is 2.07. The maximum atomic E-state index is 12.7. The number of para-hydroxylation sites is 1. The second kappa shape index (κ2) is 7.21. The second-order valence-corrected chi connectivity index (χ2v) is 6.84. The number of rotatable bonds is 4. The zero-order valence-corrected chi connectivity index (χ0v) is 14.4. The first kappa shape index (κ1) is 17.6.